The molecule has 1 aliphatic rings. The van der Waals surface area contributed by atoms with E-state index in [-0.39, 0.29) is 24.1 Å². The van der Waals surface area contributed by atoms with Crippen molar-refractivity contribution in [3.05, 3.63) is 0 Å². The van der Waals surface area contributed by atoms with Crippen LogP contribution >= 0.6 is 0 Å². The van der Waals surface area contributed by atoms with Crippen molar-refractivity contribution in [1.82, 2.24) is 4.81 Å². The molecule has 6 heteroatoms. The Hall–Kier alpha value is 0.122. The fourth-order valence-electron chi connectivity index (χ4n) is 2.60. The van der Waals surface area contributed by atoms with E-state index in [9.17, 15) is 10.1 Å². The average Bonchev–Trinajstić information content (AvgIpc) is 2.37. The molecule has 1 saturated heterocycles. The molecular weight excluding hydrogens is 281 g/mol. The van der Waals surface area contributed by atoms with E-state index in [1.807, 2.05) is 6.82 Å². The predicted octanol–water partition coefficient (Wildman–Crippen LogP) is 2.58. The summed E-state index contributed by atoms with van der Waals surface area (Å²) in [6.45, 7) is 15.8. The Morgan fingerprint density at radius 1 is 1.24 bits per heavy atom. The molecule has 2 N–H and O–H groups in total. The van der Waals surface area contributed by atoms with Crippen molar-refractivity contribution < 1.29 is 14.6 Å². The van der Waals surface area contributed by atoms with Crippen molar-refractivity contribution >= 4 is 15.4 Å². The lowest BCUT2D eigenvalue weighted by Crippen LogP contribution is -2.48. The van der Waals surface area contributed by atoms with E-state index in [0.717, 1.165) is 39.0 Å². The first kappa shape index (κ1) is 19.2. The summed E-state index contributed by atoms with van der Waals surface area (Å²) in [5.41, 5.74) is -0.0201. The van der Waals surface area contributed by atoms with Gasteiger partial charge in [0, 0.05) is 13.2 Å². The minimum Gasteiger partial charge on any atom is -0.437 e. The first-order valence-corrected chi connectivity index (χ1v) is 11.1. The highest BCUT2D eigenvalue weighted by Gasteiger charge is 2.39. The van der Waals surface area contributed by atoms with Crippen LogP contribution in [0.25, 0.3) is 0 Å². The van der Waals surface area contributed by atoms with Gasteiger partial charge in [-0.3, -0.25) is 0 Å². The number of aliphatic hydroxyl groups is 1. The van der Waals surface area contributed by atoms with Crippen LogP contribution in [-0.2, 0) is 4.43 Å². The summed E-state index contributed by atoms with van der Waals surface area (Å²) < 4.78 is 6.26. The van der Waals surface area contributed by atoms with Gasteiger partial charge in [0.15, 0.2) is 8.32 Å². The van der Waals surface area contributed by atoms with Crippen LogP contribution in [0, 0.1) is 5.41 Å². The van der Waals surface area contributed by atoms with Crippen LogP contribution < -0.4 is 0 Å². The Labute approximate surface area is 132 Å². The summed E-state index contributed by atoms with van der Waals surface area (Å²) in [5, 5.41) is 19.7. The van der Waals surface area contributed by atoms with E-state index >= 15 is 0 Å². The van der Waals surface area contributed by atoms with Crippen molar-refractivity contribution in [2.75, 3.05) is 26.3 Å². The van der Waals surface area contributed by atoms with Crippen LogP contribution in [0.15, 0.2) is 0 Å². The Balaban J connectivity index is 2.49. The maximum atomic E-state index is 9.83. The van der Waals surface area contributed by atoms with Gasteiger partial charge in [0.05, 0.1) is 0 Å². The second-order valence-corrected chi connectivity index (χ2v) is 13.0. The predicted molar refractivity (Wildman–Crippen MR) is 91.9 cm³/mol. The minimum atomic E-state index is -1.70. The molecule has 0 saturated carbocycles. The molecule has 0 radical (unpaired) electrons. The topological polar surface area (TPSA) is 52.9 Å². The number of hydrogen-bond acceptors (Lipinski definition) is 4. The molecule has 1 rings (SSSR count). The molecule has 1 fully saturated rings. The first-order valence-electron chi connectivity index (χ1n) is 8.20. The van der Waals surface area contributed by atoms with Gasteiger partial charge in [-0.25, -0.2) is 0 Å². The second kappa shape index (κ2) is 7.13. The molecule has 0 aliphatic carbocycles. The lowest BCUT2D eigenvalue weighted by molar-refractivity contribution is 0.0416. The highest BCUT2D eigenvalue weighted by atomic mass is 28.4. The summed E-state index contributed by atoms with van der Waals surface area (Å²) in [5.74, 6) is 0. The van der Waals surface area contributed by atoms with E-state index < -0.39 is 8.32 Å². The van der Waals surface area contributed by atoms with Gasteiger partial charge in [-0.15, -0.1) is 0 Å². The van der Waals surface area contributed by atoms with Gasteiger partial charge in [-0.2, -0.15) is 0 Å². The largest absolute Gasteiger partial charge is 0.437 e. The molecule has 0 bridgehead atoms. The van der Waals surface area contributed by atoms with Crippen LogP contribution in [0.3, 0.4) is 0 Å². The summed E-state index contributed by atoms with van der Waals surface area (Å²) in [7, 11) is -2.08. The lowest BCUT2D eigenvalue weighted by atomic mass is 9.72. The molecule has 4 nitrogen and oxygen atoms in total. The molecule has 0 unspecified atom stereocenters. The minimum absolute atomic E-state index is 0.0201. The van der Waals surface area contributed by atoms with Gasteiger partial charge in [-0.1, -0.05) is 20.8 Å². The smallest absolute Gasteiger partial charge is 0.376 e. The average molecular weight is 315 g/mol. The van der Waals surface area contributed by atoms with Crippen LogP contribution in [-0.4, -0.2) is 56.6 Å². The van der Waals surface area contributed by atoms with E-state index in [2.05, 4.69) is 38.7 Å². The Kier molecular flexibility index (Phi) is 6.51. The fraction of sp³-hybridized carbons (Fsp3) is 1.00. The van der Waals surface area contributed by atoms with Crippen LogP contribution in [0.1, 0.15) is 40.0 Å². The van der Waals surface area contributed by atoms with E-state index in [0.29, 0.717) is 0 Å². The molecule has 0 amide bonds. The summed E-state index contributed by atoms with van der Waals surface area (Å²) in [4.78, 5) is 2.07. The van der Waals surface area contributed by atoms with Crippen molar-refractivity contribution in [2.45, 2.75) is 65.0 Å². The number of hydrogen-bond donors (Lipinski definition) is 2. The summed E-state index contributed by atoms with van der Waals surface area (Å²) in [6, 6.07) is 0. The maximum Gasteiger partial charge on any atom is 0.376 e. The van der Waals surface area contributed by atoms with Crippen molar-refractivity contribution in [2.24, 2.45) is 5.41 Å². The molecule has 1 heterocycles. The molecule has 0 aromatic rings. The summed E-state index contributed by atoms with van der Waals surface area (Å²) in [6.07, 6.45) is 2.80. The highest BCUT2D eigenvalue weighted by molar-refractivity contribution is 6.74. The quantitative estimate of drug-likeness (QED) is 0.740. The number of rotatable bonds is 6. The van der Waals surface area contributed by atoms with Gasteiger partial charge >= 0.3 is 7.05 Å². The molecule has 1 aliphatic heterocycles. The van der Waals surface area contributed by atoms with Gasteiger partial charge < -0.3 is 19.4 Å². The van der Waals surface area contributed by atoms with E-state index in [4.69, 9.17) is 4.43 Å². The molecule has 0 atom stereocenters. The second-order valence-electron chi connectivity index (χ2n) is 8.18. The SMILES string of the molecule is CB(O)N1CCC(CO)(CCO[Si](C)(C)C(C)(C)C)CC1. The third-order valence-electron chi connectivity index (χ3n) is 5.62. The van der Waals surface area contributed by atoms with Crippen LogP contribution in [0.2, 0.25) is 25.0 Å². The fourth-order valence-corrected chi connectivity index (χ4v) is 3.64. The molecule has 0 spiro atoms. The lowest BCUT2D eigenvalue weighted by Gasteiger charge is -2.42. The third-order valence-corrected chi connectivity index (χ3v) is 10.2. The molecular formula is C15H34BNO3Si. The normalized spacial score (nSPS) is 20.6. The molecule has 0 aromatic heterocycles. The zero-order valence-electron chi connectivity index (χ0n) is 14.8. The number of nitrogens with zero attached hydrogens (tertiary/aromatic N) is 1. The standard InChI is InChI=1S/C15H34BNO3Si/c1-14(2,3)21(5,6)20-12-9-15(13-18)7-10-17(11-8-15)16(4)19/h18-19H,7-13H2,1-6H3. The summed E-state index contributed by atoms with van der Waals surface area (Å²) >= 11 is 0. The van der Waals surface area contributed by atoms with Gasteiger partial charge in [0.25, 0.3) is 0 Å². The third kappa shape index (κ3) is 5.06. The van der Waals surface area contributed by atoms with Crippen LogP contribution in [0.4, 0.5) is 0 Å². The Bertz CT molecular complexity index is 323. The maximum absolute atomic E-state index is 9.83. The molecule has 21 heavy (non-hydrogen) atoms. The van der Waals surface area contributed by atoms with Crippen molar-refractivity contribution in [3.8, 4) is 0 Å². The Morgan fingerprint density at radius 3 is 2.14 bits per heavy atom. The van der Waals surface area contributed by atoms with Crippen molar-refractivity contribution in [1.29, 1.82) is 0 Å². The van der Waals surface area contributed by atoms with E-state index in [1.165, 1.54) is 0 Å². The number of aliphatic hydroxyl groups excluding tert-OH is 1. The van der Waals surface area contributed by atoms with Gasteiger partial charge in [0.2, 0.25) is 0 Å². The highest BCUT2D eigenvalue weighted by Crippen LogP contribution is 2.39. The number of piperidine rings is 1. The zero-order valence-corrected chi connectivity index (χ0v) is 15.8. The first-order chi connectivity index (χ1) is 9.53. The molecule has 0 aromatic carbocycles. The Morgan fingerprint density at radius 2 is 1.76 bits per heavy atom. The van der Waals surface area contributed by atoms with E-state index in [1.54, 1.807) is 0 Å². The molecule has 124 valence electrons. The monoisotopic (exact) mass is 315 g/mol. The zero-order chi connectivity index (χ0) is 16.3. The van der Waals surface area contributed by atoms with Crippen LogP contribution in [0.5, 0.6) is 0 Å². The van der Waals surface area contributed by atoms with Crippen molar-refractivity contribution in [3.63, 3.8) is 0 Å². The van der Waals surface area contributed by atoms with Gasteiger partial charge in [0.1, 0.15) is 0 Å². The van der Waals surface area contributed by atoms with Gasteiger partial charge in [-0.05, 0) is 62.7 Å².